The van der Waals surface area contributed by atoms with Crippen molar-refractivity contribution in [3.05, 3.63) is 54.1 Å². The van der Waals surface area contributed by atoms with Crippen LogP contribution in [0.4, 0.5) is 0 Å². The van der Waals surface area contributed by atoms with Gasteiger partial charge in [-0.15, -0.1) is 4.40 Å². The molecule has 0 N–H and O–H groups in total. The van der Waals surface area contributed by atoms with E-state index >= 15 is 0 Å². The van der Waals surface area contributed by atoms with Crippen molar-refractivity contribution in [1.29, 1.82) is 0 Å². The Kier molecular flexibility index (Phi) is 4.27. The first kappa shape index (κ1) is 18.1. The predicted molar refractivity (Wildman–Crippen MR) is 108 cm³/mol. The molecule has 9 heteroatoms. The average Bonchev–Trinajstić information content (AvgIpc) is 3.17. The topological polar surface area (TPSA) is 96.1 Å². The smallest absolute Gasteiger partial charge is 0.256 e. The predicted octanol–water partition coefficient (Wildman–Crippen LogP) is 2.03. The number of oxazole rings is 1. The van der Waals surface area contributed by atoms with E-state index in [0.29, 0.717) is 36.9 Å². The van der Waals surface area contributed by atoms with Crippen LogP contribution in [0, 0.1) is 0 Å². The van der Waals surface area contributed by atoms with E-state index in [1.807, 2.05) is 29.2 Å². The van der Waals surface area contributed by atoms with Gasteiger partial charge in [0, 0.05) is 25.8 Å². The molecule has 1 fully saturated rings. The molecule has 1 atom stereocenters. The first-order chi connectivity index (χ1) is 14.0. The summed E-state index contributed by atoms with van der Waals surface area (Å²) in [4.78, 5) is 21.2. The number of sulfonamides is 1. The Morgan fingerprint density at radius 2 is 2.03 bits per heavy atom. The number of likely N-dealkylation sites (tertiary alicyclic amines) is 1. The lowest BCUT2D eigenvalue weighted by molar-refractivity contribution is -0.128. The van der Waals surface area contributed by atoms with Gasteiger partial charge in [0.05, 0.1) is 17.2 Å². The molecule has 1 amide bonds. The van der Waals surface area contributed by atoms with Crippen molar-refractivity contribution in [1.82, 2.24) is 14.8 Å². The number of aromatic nitrogens is 1. The Balaban J connectivity index is 1.34. The van der Waals surface area contributed by atoms with Crippen molar-refractivity contribution in [2.24, 2.45) is 4.40 Å². The second-order valence-corrected chi connectivity index (χ2v) is 9.21. The Morgan fingerprint density at radius 3 is 2.90 bits per heavy atom. The maximum atomic E-state index is 13.1. The number of amides is 1. The number of carbonyl (C=O) groups is 1. The van der Waals surface area contributed by atoms with Gasteiger partial charge in [-0.05, 0) is 37.1 Å². The van der Waals surface area contributed by atoms with Gasteiger partial charge in [-0.2, -0.15) is 0 Å². The molecule has 1 unspecified atom stereocenters. The van der Waals surface area contributed by atoms with E-state index in [4.69, 9.17) is 4.42 Å². The SMILES string of the molecule is O=C(C1=CN2CCS(=O)(=O)N=C2C=C1)N1CCCC(c2nc3ccccc3o2)C1. The zero-order valence-corrected chi connectivity index (χ0v) is 16.5. The molecule has 5 rings (SSSR count). The molecule has 29 heavy (non-hydrogen) atoms. The van der Waals surface area contributed by atoms with E-state index in [9.17, 15) is 13.2 Å². The first-order valence-corrected chi connectivity index (χ1v) is 11.2. The molecule has 1 aromatic carbocycles. The quantitative estimate of drug-likeness (QED) is 0.749. The fourth-order valence-electron chi connectivity index (χ4n) is 3.94. The fourth-order valence-corrected chi connectivity index (χ4v) is 4.91. The molecule has 3 aliphatic heterocycles. The van der Waals surface area contributed by atoms with Crippen LogP contribution in [-0.2, 0) is 14.8 Å². The van der Waals surface area contributed by atoms with Crippen molar-refractivity contribution < 1.29 is 17.6 Å². The number of nitrogens with zero attached hydrogens (tertiary/aromatic N) is 4. The monoisotopic (exact) mass is 412 g/mol. The number of amidine groups is 1. The highest BCUT2D eigenvalue weighted by Crippen LogP contribution is 2.30. The summed E-state index contributed by atoms with van der Waals surface area (Å²) in [5.74, 6) is 0.967. The second kappa shape index (κ2) is 6.84. The zero-order valence-electron chi connectivity index (χ0n) is 15.7. The maximum Gasteiger partial charge on any atom is 0.256 e. The molecule has 0 bridgehead atoms. The van der Waals surface area contributed by atoms with Crippen molar-refractivity contribution in [3.63, 3.8) is 0 Å². The van der Waals surface area contributed by atoms with Gasteiger partial charge in [0.15, 0.2) is 11.5 Å². The number of para-hydroxylation sites is 2. The second-order valence-electron chi connectivity index (χ2n) is 7.46. The van der Waals surface area contributed by atoms with Crippen LogP contribution >= 0.6 is 0 Å². The number of fused-ring (bicyclic) bond motifs is 2. The number of piperidine rings is 1. The van der Waals surface area contributed by atoms with Gasteiger partial charge in [0.2, 0.25) is 0 Å². The minimum atomic E-state index is -3.41. The molecule has 1 aromatic heterocycles. The summed E-state index contributed by atoms with van der Waals surface area (Å²) in [6.07, 6.45) is 6.72. The standard InChI is InChI=1S/C20H20N4O4S/c25-20(15-7-8-18-22-29(26,27)11-10-23(18)13-15)24-9-3-4-14(12-24)19-21-16-5-1-2-6-17(16)28-19/h1-2,5-8,13-14H,3-4,9-12H2. The van der Waals surface area contributed by atoms with E-state index in [-0.39, 0.29) is 17.6 Å². The lowest BCUT2D eigenvalue weighted by atomic mass is 9.97. The van der Waals surface area contributed by atoms with Gasteiger partial charge >= 0.3 is 0 Å². The van der Waals surface area contributed by atoms with Crippen LogP contribution in [-0.4, -0.2) is 60.3 Å². The lowest BCUT2D eigenvalue weighted by Crippen LogP contribution is -2.42. The van der Waals surface area contributed by atoms with Crippen LogP contribution in [0.25, 0.3) is 11.1 Å². The molecular formula is C20H20N4O4S. The number of rotatable bonds is 2. The van der Waals surface area contributed by atoms with Gasteiger partial charge in [0.25, 0.3) is 15.9 Å². The molecule has 4 heterocycles. The summed E-state index contributed by atoms with van der Waals surface area (Å²) >= 11 is 0. The Bertz CT molecular complexity index is 1150. The lowest BCUT2D eigenvalue weighted by Gasteiger charge is -2.33. The molecule has 0 saturated carbocycles. The van der Waals surface area contributed by atoms with E-state index in [1.165, 1.54) is 0 Å². The van der Waals surface area contributed by atoms with Crippen LogP contribution in [0.15, 0.2) is 57.0 Å². The first-order valence-electron chi connectivity index (χ1n) is 9.62. The van der Waals surface area contributed by atoms with Crippen LogP contribution < -0.4 is 0 Å². The molecule has 0 radical (unpaired) electrons. The van der Waals surface area contributed by atoms with Gasteiger partial charge in [-0.25, -0.2) is 13.4 Å². The highest BCUT2D eigenvalue weighted by atomic mass is 32.2. The molecule has 2 aromatic rings. The number of hydrogen-bond acceptors (Lipinski definition) is 6. The maximum absolute atomic E-state index is 13.1. The number of carbonyl (C=O) groups excluding carboxylic acids is 1. The largest absolute Gasteiger partial charge is 0.440 e. The molecule has 1 saturated heterocycles. The van der Waals surface area contributed by atoms with E-state index in [0.717, 1.165) is 23.9 Å². The summed E-state index contributed by atoms with van der Waals surface area (Å²) in [5, 5.41) is 0. The number of benzene rings is 1. The summed E-state index contributed by atoms with van der Waals surface area (Å²) < 4.78 is 33.0. The fraction of sp³-hybridized carbons (Fsp3) is 0.350. The van der Waals surface area contributed by atoms with Gasteiger partial charge in [0.1, 0.15) is 11.4 Å². The molecule has 8 nitrogen and oxygen atoms in total. The van der Waals surface area contributed by atoms with Crippen molar-refractivity contribution in [2.45, 2.75) is 18.8 Å². The summed E-state index contributed by atoms with van der Waals surface area (Å²) in [7, 11) is -3.41. The van der Waals surface area contributed by atoms with Gasteiger partial charge in [-0.1, -0.05) is 12.1 Å². The van der Waals surface area contributed by atoms with Crippen molar-refractivity contribution >= 4 is 32.9 Å². The normalized spacial score (nSPS) is 23.5. The molecule has 0 spiro atoms. The highest BCUT2D eigenvalue weighted by molar-refractivity contribution is 7.90. The van der Waals surface area contributed by atoms with E-state index in [1.54, 1.807) is 23.3 Å². The third kappa shape index (κ3) is 3.46. The minimum Gasteiger partial charge on any atom is -0.440 e. The summed E-state index contributed by atoms with van der Waals surface area (Å²) in [5.41, 5.74) is 2.12. The minimum absolute atomic E-state index is 0.0498. The van der Waals surface area contributed by atoms with Crippen LogP contribution in [0.5, 0.6) is 0 Å². The van der Waals surface area contributed by atoms with Crippen LogP contribution in [0.1, 0.15) is 24.7 Å². The Hall–Kier alpha value is -2.94. The Morgan fingerprint density at radius 1 is 1.17 bits per heavy atom. The zero-order chi connectivity index (χ0) is 20.0. The van der Waals surface area contributed by atoms with E-state index < -0.39 is 10.0 Å². The van der Waals surface area contributed by atoms with Crippen LogP contribution in [0.3, 0.4) is 0 Å². The Labute approximate surface area is 168 Å². The molecule has 0 aliphatic carbocycles. The molecule has 150 valence electrons. The average molecular weight is 412 g/mol. The third-order valence-corrected chi connectivity index (χ3v) is 6.60. The third-order valence-electron chi connectivity index (χ3n) is 5.44. The van der Waals surface area contributed by atoms with Gasteiger partial charge < -0.3 is 14.2 Å². The highest BCUT2D eigenvalue weighted by Gasteiger charge is 2.31. The summed E-state index contributed by atoms with van der Waals surface area (Å²) in [6.45, 7) is 1.52. The number of hydrogen-bond donors (Lipinski definition) is 0. The summed E-state index contributed by atoms with van der Waals surface area (Å²) in [6, 6.07) is 7.66. The van der Waals surface area contributed by atoms with Crippen molar-refractivity contribution in [3.8, 4) is 0 Å². The molecular weight excluding hydrogens is 392 g/mol. The van der Waals surface area contributed by atoms with E-state index in [2.05, 4.69) is 9.38 Å². The molecule has 3 aliphatic rings. The van der Waals surface area contributed by atoms with Crippen molar-refractivity contribution in [2.75, 3.05) is 25.4 Å². The van der Waals surface area contributed by atoms with Gasteiger partial charge in [-0.3, -0.25) is 4.79 Å². The van der Waals surface area contributed by atoms with Crippen LogP contribution in [0.2, 0.25) is 0 Å².